The summed E-state index contributed by atoms with van der Waals surface area (Å²) in [4.78, 5) is 41.2. The molecule has 0 bridgehead atoms. The van der Waals surface area contributed by atoms with Crippen LogP contribution in [0.5, 0.6) is 0 Å². The minimum Gasteiger partial charge on any atom is -0.396 e. The van der Waals surface area contributed by atoms with Crippen LogP contribution in [0.2, 0.25) is 0 Å². The Morgan fingerprint density at radius 1 is 1.06 bits per heavy atom. The van der Waals surface area contributed by atoms with Crippen molar-refractivity contribution in [3.8, 4) is 0 Å². The number of carbonyl (C=O) groups excluding carboxylic acids is 2. The van der Waals surface area contributed by atoms with Crippen LogP contribution in [0.3, 0.4) is 0 Å². The number of pyridine rings is 1. The van der Waals surface area contributed by atoms with Crippen LogP contribution in [0.25, 0.3) is 21.5 Å². The fourth-order valence-corrected chi connectivity index (χ4v) is 6.65. The third-order valence-corrected chi connectivity index (χ3v) is 9.17. The fraction of sp³-hybridized carbons (Fsp3) is 0.500. The number of benzene rings is 1. The topological polar surface area (TPSA) is 183 Å². The number of thioether (sulfide) groups is 1. The summed E-state index contributed by atoms with van der Waals surface area (Å²) in [5.41, 5.74) is 12.8. The fourth-order valence-electron chi connectivity index (χ4n) is 5.56. The number of aliphatic hydroxyl groups excluding tert-OH is 1. The zero-order valence-corrected chi connectivity index (χ0v) is 28.4. The zero-order valence-electron chi connectivity index (χ0n) is 27.6. The van der Waals surface area contributed by atoms with Gasteiger partial charge in [-0.3, -0.25) is 14.4 Å². The number of nitrogens with one attached hydrogen (secondary N) is 2. The molecule has 0 aliphatic rings. The van der Waals surface area contributed by atoms with Crippen LogP contribution in [0, 0.1) is 5.92 Å². The molecule has 1 atom stereocenters. The molecular weight excluding hydrogens is 616 g/mol. The number of unbranched alkanes of at least 4 members (excludes halogenated alkanes) is 2. The average Bonchev–Trinajstić information content (AvgIpc) is 3.40. The molecule has 0 aliphatic heterocycles. The van der Waals surface area contributed by atoms with Crippen LogP contribution in [-0.4, -0.2) is 67.7 Å². The highest BCUT2D eigenvalue weighted by molar-refractivity contribution is 7.99. The van der Waals surface area contributed by atoms with Gasteiger partial charge < -0.3 is 31.8 Å². The highest BCUT2D eigenvalue weighted by Gasteiger charge is 2.20. The Kier molecular flexibility index (Phi) is 13.2. The number of fused-ring (bicyclic) bond motifs is 2. The molecule has 1 aromatic carbocycles. The predicted molar refractivity (Wildman–Crippen MR) is 189 cm³/mol. The molecule has 254 valence electrons. The Hall–Kier alpha value is -3.94. The lowest BCUT2D eigenvalue weighted by molar-refractivity contribution is -0.122. The second kappa shape index (κ2) is 17.3. The minimum atomic E-state index is -0.730. The standard InChI is InChI=1S/C34H48N8O4S/c1-22(2)18-28-26-21-42(34(47-17-9-16-43)30(26)33(46)41(3)40-28)20-23-19-39-31(25-11-6-5-10-24(23)25)37-14-7-4-8-15-38-32(45)27(35)12-13-29(36)44/h5-6,10-11,19,21-22,27,43H,4,7-9,12-18,20,35H2,1-3H3,(H2,36,44)(H,37,39)(H,38,45)/t27-/m0/s1. The molecule has 2 amide bonds. The molecule has 0 unspecified atom stereocenters. The number of aryl methyl sites for hydroxylation is 1. The number of anilines is 1. The van der Waals surface area contributed by atoms with Gasteiger partial charge in [-0.1, -0.05) is 38.1 Å². The molecule has 0 fully saturated rings. The van der Waals surface area contributed by atoms with Gasteiger partial charge in [0.15, 0.2) is 0 Å². The molecule has 0 saturated carbocycles. The molecule has 3 heterocycles. The monoisotopic (exact) mass is 664 g/mol. The Bertz CT molecular complexity index is 1730. The largest absolute Gasteiger partial charge is 0.396 e. The van der Waals surface area contributed by atoms with Gasteiger partial charge in [0.25, 0.3) is 5.56 Å². The highest BCUT2D eigenvalue weighted by atomic mass is 32.2. The van der Waals surface area contributed by atoms with Gasteiger partial charge in [-0.25, -0.2) is 9.67 Å². The van der Waals surface area contributed by atoms with E-state index in [0.29, 0.717) is 36.6 Å². The van der Waals surface area contributed by atoms with Gasteiger partial charge in [0.2, 0.25) is 11.8 Å². The molecular formula is C34H48N8O4S. The van der Waals surface area contributed by atoms with Gasteiger partial charge in [-0.05, 0) is 55.4 Å². The number of primary amides is 1. The van der Waals surface area contributed by atoms with E-state index in [0.717, 1.165) is 70.5 Å². The highest BCUT2D eigenvalue weighted by Crippen LogP contribution is 2.33. The van der Waals surface area contributed by atoms with E-state index in [1.165, 1.54) is 4.68 Å². The van der Waals surface area contributed by atoms with Crippen LogP contribution < -0.4 is 27.7 Å². The number of nitrogens with zero attached hydrogens (tertiary/aromatic N) is 4. The van der Waals surface area contributed by atoms with E-state index in [1.54, 1.807) is 18.8 Å². The second-order valence-electron chi connectivity index (χ2n) is 12.3. The summed E-state index contributed by atoms with van der Waals surface area (Å²) in [7, 11) is 1.71. The van der Waals surface area contributed by atoms with Gasteiger partial charge in [-0.15, -0.1) is 11.8 Å². The quantitative estimate of drug-likeness (QED) is 0.0742. The number of rotatable bonds is 19. The van der Waals surface area contributed by atoms with Crippen molar-refractivity contribution in [3.63, 3.8) is 0 Å². The third-order valence-electron chi connectivity index (χ3n) is 7.96. The van der Waals surface area contributed by atoms with E-state index in [-0.39, 0.29) is 30.9 Å². The van der Waals surface area contributed by atoms with E-state index >= 15 is 0 Å². The lowest BCUT2D eigenvalue weighted by Gasteiger charge is -2.14. The second-order valence-corrected chi connectivity index (χ2v) is 13.4. The van der Waals surface area contributed by atoms with E-state index in [9.17, 15) is 19.5 Å². The number of carbonyl (C=O) groups is 2. The molecule has 47 heavy (non-hydrogen) atoms. The number of aliphatic hydroxyl groups is 1. The van der Waals surface area contributed by atoms with Crippen molar-refractivity contribution in [3.05, 3.63) is 58.3 Å². The van der Waals surface area contributed by atoms with Crippen molar-refractivity contribution in [1.29, 1.82) is 0 Å². The zero-order chi connectivity index (χ0) is 33.9. The summed E-state index contributed by atoms with van der Waals surface area (Å²) < 4.78 is 3.58. The molecule has 12 nitrogen and oxygen atoms in total. The molecule has 0 saturated heterocycles. The smallest absolute Gasteiger partial charge is 0.277 e. The first kappa shape index (κ1) is 35.9. The van der Waals surface area contributed by atoms with Crippen molar-refractivity contribution in [2.24, 2.45) is 24.4 Å². The van der Waals surface area contributed by atoms with Gasteiger partial charge in [0, 0.05) is 62.1 Å². The van der Waals surface area contributed by atoms with E-state index in [2.05, 4.69) is 52.5 Å². The summed E-state index contributed by atoms with van der Waals surface area (Å²) in [5, 5.41) is 24.9. The predicted octanol–water partition coefficient (Wildman–Crippen LogP) is 3.30. The average molecular weight is 665 g/mol. The number of hydrogen-bond donors (Lipinski definition) is 5. The van der Waals surface area contributed by atoms with Crippen molar-refractivity contribution < 1.29 is 14.7 Å². The van der Waals surface area contributed by atoms with Gasteiger partial charge in [-0.2, -0.15) is 5.10 Å². The molecule has 4 aromatic rings. The Morgan fingerprint density at radius 2 is 1.81 bits per heavy atom. The summed E-state index contributed by atoms with van der Waals surface area (Å²) in [6.07, 6.45) is 8.31. The summed E-state index contributed by atoms with van der Waals surface area (Å²) in [5.74, 6) is 1.16. The lowest BCUT2D eigenvalue weighted by atomic mass is 10.1. The van der Waals surface area contributed by atoms with Crippen LogP contribution >= 0.6 is 11.8 Å². The Balaban J connectivity index is 1.46. The number of nitrogens with two attached hydrogens (primary N) is 2. The molecule has 3 aromatic heterocycles. The number of hydrogen-bond acceptors (Lipinski definition) is 9. The van der Waals surface area contributed by atoms with Gasteiger partial charge in [0.1, 0.15) is 5.82 Å². The molecule has 0 radical (unpaired) electrons. The number of aromatic nitrogens is 4. The van der Waals surface area contributed by atoms with Crippen molar-refractivity contribution in [2.75, 3.05) is 30.8 Å². The van der Waals surface area contributed by atoms with E-state index in [1.807, 2.05) is 18.3 Å². The van der Waals surface area contributed by atoms with Crippen LogP contribution in [-0.2, 0) is 29.6 Å². The summed E-state index contributed by atoms with van der Waals surface area (Å²) in [6, 6.07) is 7.46. The number of amides is 2. The van der Waals surface area contributed by atoms with E-state index < -0.39 is 11.9 Å². The van der Waals surface area contributed by atoms with Gasteiger partial charge >= 0.3 is 0 Å². The minimum absolute atomic E-state index is 0.0944. The normalized spacial score (nSPS) is 12.2. The molecule has 13 heteroatoms. The maximum Gasteiger partial charge on any atom is 0.277 e. The molecule has 4 rings (SSSR count). The van der Waals surface area contributed by atoms with Crippen molar-refractivity contribution in [2.45, 2.75) is 76.4 Å². The summed E-state index contributed by atoms with van der Waals surface area (Å²) >= 11 is 1.59. The first-order valence-corrected chi connectivity index (χ1v) is 17.3. The van der Waals surface area contributed by atoms with Crippen LogP contribution in [0.1, 0.15) is 63.6 Å². The molecule has 0 aliphatic carbocycles. The SMILES string of the molecule is CC(C)Cc1nn(C)c(=O)c2c(SCCCO)n(Cc3cnc(NCCCCCNC(=O)[C@@H](N)CCC(N)=O)c4ccccc34)cc12. The Labute approximate surface area is 279 Å². The first-order chi connectivity index (χ1) is 22.6. The summed E-state index contributed by atoms with van der Waals surface area (Å²) in [6.45, 7) is 6.17. The maximum atomic E-state index is 13.4. The van der Waals surface area contributed by atoms with Crippen LogP contribution in [0.4, 0.5) is 5.82 Å². The molecule has 7 N–H and O–H groups in total. The van der Waals surface area contributed by atoms with Crippen molar-refractivity contribution >= 4 is 50.9 Å². The van der Waals surface area contributed by atoms with Crippen molar-refractivity contribution in [1.82, 2.24) is 24.6 Å². The van der Waals surface area contributed by atoms with Gasteiger partial charge in [0.05, 0.1) is 28.7 Å². The first-order valence-electron chi connectivity index (χ1n) is 16.4. The maximum absolute atomic E-state index is 13.4. The van der Waals surface area contributed by atoms with Crippen LogP contribution in [0.15, 0.2) is 46.5 Å². The van der Waals surface area contributed by atoms with E-state index in [4.69, 9.17) is 16.5 Å². The molecule has 0 spiro atoms. The third kappa shape index (κ3) is 9.55. The lowest BCUT2D eigenvalue weighted by Crippen LogP contribution is -2.41. The Morgan fingerprint density at radius 3 is 2.53 bits per heavy atom.